The number of carbonyl (C=O) groups is 1. The van der Waals surface area contributed by atoms with E-state index < -0.39 is 6.10 Å². The summed E-state index contributed by atoms with van der Waals surface area (Å²) in [6.07, 6.45) is -0.124. The summed E-state index contributed by atoms with van der Waals surface area (Å²) in [5, 5.41) is 13.2. The second-order valence-corrected chi connectivity index (χ2v) is 5.33. The topological polar surface area (TPSA) is 58.6 Å². The lowest BCUT2D eigenvalue weighted by Gasteiger charge is -2.12. The van der Waals surface area contributed by atoms with Crippen molar-refractivity contribution in [1.29, 1.82) is 0 Å². The summed E-state index contributed by atoms with van der Waals surface area (Å²) in [5.74, 6) is 0.298. The van der Waals surface area contributed by atoms with E-state index in [1.165, 1.54) is 0 Å². The summed E-state index contributed by atoms with van der Waals surface area (Å²) >= 11 is 5.76. The maximum absolute atomic E-state index is 11.7. The van der Waals surface area contributed by atoms with Gasteiger partial charge < -0.3 is 15.2 Å². The van der Waals surface area contributed by atoms with Gasteiger partial charge in [0, 0.05) is 18.0 Å². The molecule has 1 amide bonds. The number of aliphatic hydroxyl groups excluding tert-OH is 1. The van der Waals surface area contributed by atoms with E-state index in [9.17, 15) is 9.90 Å². The van der Waals surface area contributed by atoms with Gasteiger partial charge in [-0.2, -0.15) is 0 Å². The fourth-order valence-electron chi connectivity index (χ4n) is 1.92. The Labute approximate surface area is 134 Å². The fourth-order valence-corrected chi connectivity index (χ4v) is 2.05. The number of halogens is 1. The normalized spacial score (nSPS) is 11.7. The molecular weight excluding hydrogens is 302 g/mol. The number of hydrogen-bond donors (Lipinski definition) is 2. The Morgan fingerprint density at radius 2 is 1.82 bits per heavy atom. The number of ether oxygens (including phenoxy) is 1. The molecule has 4 nitrogen and oxygen atoms in total. The molecule has 2 rings (SSSR count). The van der Waals surface area contributed by atoms with Gasteiger partial charge in [0.2, 0.25) is 0 Å². The molecule has 0 spiro atoms. The van der Waals surface area contributed by atoms with Crippen LogP contribution in [0, 0.1) is 0 Å². The van der Waals surface area contributed by atoms with Gasteiger partial charge in [-0.3, -0.25) is 4.79 Å². The summed E-state index contributed by atoms with van der Waals surface area (Å²) in [4.78, 5) is 11.7. The molecule has 0 aliphatic rings. The minimum Gasteiger partial charge on any atom is -0.484 e. The van der Waals surface area contributed by atoms with E-state index in [2.05, 4.69) is 5.32 Å². The molecule has 0 fully saturated rings. The van der Waals surface area contributed by atoms with Crippen LogP contribution < -0.4 is 10.1 Å². The van der Waals surface area contributed by atoms with Crippen molar-refractivity contribution >= 4 is 17.5 Å². The van der Waals surface area contributed by atoms with Crippen LogP contribution in [0.5, 0.6) is 5.75 Å². The third-order valence-corrected chi connectivity index (χ3v) is 3.28. The third-order valence-electron chi connectivity index (χ3n) is 3.03. The molecule has 2 aromatic carbocycles. The standard InChI is InChI=1S/C17H18ClNO3/c18-14-6-8-16(9-7-14)22-12-17(21)19-11-15(20)10-13-4-2-1-3-5-13/h1-9,15,20H,10-12H2,(H,19,21). The van der Waals surface area contributed by atoms with Crippen molar-refractivity contribution < 1.29 is 14.6 Å². The largest absolute Gasteiger partial charge is 0.484 e. The van der Waals surface area contributed by atoms with Gasteiger partial charge >= 0.3 is 0 Å². The van der Waals surface area contributed by atoms with Crippen molar-refractivity contribution in [3.63, 3.8) is 0 Å². The Kier molecular flexibility index (Phi) is 6.25. The van der Waals surface area contributed by atoms with Gasteiger partial charge in [0.05, 0.1) is 6.10 Å². The second kappa shape index (κ2) is 8.41. The summed E-state index contributed by atoms with van der Waals surface area (Å²) in [5.41, 5.74) is 1.03. The number of hydrogen-bond acceptors (Lipinski definition) is 3. The summed E-state index contributed by atoms with van der Waals surface area (Å²) in [6.45, 7) is 0.0946. The molecular formula is C17H18ClNO3. The minimum atomic E-state index is -0.623. The maximum Gasteiger partial charge on any atom is 0.258 e. The molecule has 0 aliphatic heterocycles. The minimum absolute atomic E-state index is 0.0975. The quantitative estimate of drug-likeness (QED) is 0.824. The molecule has 0 aromatic heterocycles. The molecule has 5 heteroatoms. The van der Waals surface area contributed by atoms with Gasteiger partial charge in [-0.05, 0) is 29.8 Å². The Morgan fingerprint density at radius 3 is 2.50 bits per heavy atom. The molecule has 1 unspecified atom stereocenters. The zero-order chi connectivity index (χ0) is 15.8. The maximum atomic E-state index is 11.7. The highest BCUT2D eigenvalue weighted by Crippen LogP contribution is 2.15. The smallest absolute Gasteiger partial charge is 0.258 e. The van der Waals surface area contributed by atoms with E-state index in [0.717, 1.165) is 5.56 Å². The van der Waals surface area contributed by atoms with E-state index in [0.29, 0.717) is 17.2 Å². The van der Waals surface area contributed by atoms with Gasteiger partial charge in [0.1, 0.15) is 5.75 Å². The Balaban J connectivity index is 1.67. The molecule has 2 N–H and O–H groups in total. The molecule has 1 atom stereocenters. The van der Waals surface area contributed by atoms with Crippen molar-refractivity contribution in [2.24, 2.45) is 0 Å². The van der Waals surface area contributed by atoms with Crippen LogP contribution in [0.2, 0.25) is 5.02 Å². The van der Waals surface area contributed by atoms with E-state index >= 15 is 0 Å². The van der Waals surface area contributed by atoms with Crippen LogP contribution in [0.4, 0.5) is 0 Å². The molecule has 0 aliphatic carbocycles. The predicted octanol–water partition coefficient (Wildman–Crippen LogP) is 2.44. The first-order valence-electron chi connectivity index (χ1n) is 7.00. The van der Waals surface area contributed by atoms with Gasteiger partial charge in [-0.1, -0.05) is 41.9 Å². The van der Waals surface area contributed by atoms with E-state index in [1.807, 2.05) is 30.3 Å². The van der Waals surface area contributed by atoms with Crippen LogP contribution in [-0.2, 0) is 11.2 Å². The number of aliphatic hydroxyl groups is 1. The number of benzene rings is 2. The van der Waals surface area contributed by atoms with Crippen molar-refractivity contribution in [1.82, 2.24) is 5.32 Å². The third kappa shape index (κ3) is 5.76. The molecule has 0 saturated carbocycles. The molecule has 0 bridgehead atoms. The lowest BCUT2D eigenvalue weighted by molar-refractivity contribution is -0.123. The number of nitrogens with one attached hydrogen (secondary N) is 1. The van der Waals surface area contributed by atoms with Crippen LogP contribution in [0.25, 0.3) is 0 Å². The van der Waals surface area contributed by atoms with E-state index in [-0.39, 0.29) is 19.1 Å². The fraction of sp³-hybridized carbons (Fsp3) is 0.235. The SMILES string of the molecule is O=C(COc1ccc(Cl)cc1)NCC(O)Cc1ccccc1. The second-order valence-electron chi connectivity index (χ2n) is 4.89. The highest BCUT2D eigenvalue weighted by atomic mass is 35.5. The molecule has 2 aromatic rings. The molecule has 116 valence electrons. The highest BCUT2D eigenvalue weighted by Gasteiger charge is 2.08. The Bertz CT molecular complexity index is 587. The summed E-state index contributed by atoms with van der Waals surface area (Å²) in [6, 6.07) is 16.4. The van der Waals surface area contributed by atoms with Crippen LogP contribution in [0.15, 0.2) is 54.6 Å². The average Bonchev–Trinajstić information content (AvgIpc) is 2.53. The monoisotopic (exact) mass is 319 g/mol. The van der Waals surface area contributed by atoms with Gasteiger partial charge in [0.15, 0.2) is 6.61 Å². The van der Waals surface area contributed by atoms with Crippen molar-refractivity contribution in [2.45, 2.75) is 12.5 Å². The van der Waals surface area contributed by atoms with Crippen molar-refractivity contribution in [2.75, 3.05) is 13.2 Å². The summed E-state index contributed by atoms with van der Waals surface area (Å²) in [7, 11) is 0. The summed E-state index contributed by atoms with van der Waals surface area (Å²) < 4.78 is 5.32. The first-order chi connectivity index (χ1) is 10.6. The lowest BCUT2D eigenvalue weighted by Crippen LogP contribution is -2.36. The number of carbonyl (C=O) groups excluding carboxylic acids is 1. The predicted molar refractivity (Wildman–Crippen MR) is 86.1 cm³/mol. The van der Waals surface area contributed by atoms with Crippen LogP contribution in [-0.4, -0.2) is 30.3 Å². The zero-order valence-corrected chi connectivity index (χ0v) is 12.8. The first kappa shape index (κ1) is 16.3. The number of rotatable bonds is 7. The number of amides is 1. The van der Waals surface area contributed by atoms with Crippen molar-refractivity contribution in [3.05, 3.63) is 65.2 Å². The van der Waals surface area contributed by atoms with E-state index in [4.69, 9.17) is 16.3 Å². The lowest BCUT2D eigenvalue weighted by atomic mass is 10.1. The van der Waals surface area contributed by atoms with Gasteiger partial charge in [0.25, 0.3) is 5.91 Å². The van der Waals surface area contributed by atoms with Gasteiger partial charge in [-0.25, -0.2) is 0 Å². The van der Waals surface area contributed by atoms with Crippen LogP contribution in [0.3, 0.4) is 0 Å². The van der Waals surface area contributed by atoms with Crippen LogP contribution in [0.1, 0.15) is 5.56 Å². The highest BCUT2D eigenvalue weighted by molar-refractivity contribution is 6.30. The van der Waals surface area contributed by atoms with Gasteiger partial charge in [-0.15, -0.1) is 0 Å². The molecule has 22 heavy (non-hydrogen) atoms. The molecule has 0 radical (unpaired) electrons. The first-order valence-corrected chi connectivity index (χ1v) is 7.38. The Morgan fingerprint density at radius 1 is 1.14 bits per heavy atom. The molecule has 0 heterocycles. The average molecular weight is 320 g/mol. The Hall–Kier alpha value is -2.04. The van der Waals surface area contributed by atoms with Crippen LogP contribution >= 0.6 is 11.6 Å². The molecule has 0 saturated heterocycles. The van der Waals surface area contributed by atoms with E-state index in [1.54, 1.807) is 24.3 Å². The van der Waals surface area contributed by atoms with Crippen molar-refractivity contribution in [3.8, 4) is 5.75 Å². The zero-order valence-electron chi connectivity index (χ0n) is 12.0.